The molecule has 4 nitrogen and oxygen atoms in total. The molecule has 0 heterocycles. The Morgan fingerprint density at radius 3 is 2.40 bits per heavy atom. The lowest BCUT2D eigenvalue weighted by atomic mass is 9.99. The largest absolute Gasteiger partial charge is 0.493 e. The first kappa shape index (κ1) is 16.8. The Labute approximate surface area is 121 Å². The molecule has 0 radical (unpaired) electrons. The number of rotatable bonds is 10. The minimum atomic E-state index is -0.974. The first-order valence-electron chi connectivity index (χ1n) is 7.47. The van der Waals surface area contributed by atoms with Gasteiger partial charge in [-0.25, -0.2) is 0 Å². The van der Waals surface area contributed by atoms with Gasteiger partial charge in [0.1, 0.15) is 11.5 Å². The van der Waals surface area contributed by atoms with Crippen LogP contribution >= 0.6 is 0 Å². The van der Waals surface area contributed by atoms with Gasteiger partial charge in [-0.05, 0) is 30.9 Å². The van der Waals surface area contributed by atoms with E-state index in [1.807, 2.05) is 12.1 Å². The SMILES string of the molecule is CCCC(CCC)COc1cccc(O[C@@H](O)CN)c1. The topological polar surface area (TPSA) is 64.7 Å². The summed E-state index contributed by atoms with van der Waals surface area (Å²) in [6, 6.07) is 7.31. The number of hydrogen-bond acceptors (Lipinski definition) is 4. The van der Waals surface area contributed by atoms with Crippen molar-refractivity contribution in [3.05, 3.63) is 24.3 Å². The van der Waals surface area contributed by atoms with Crippen molar-refractivity contribution in [2.45, 2.75) is 45.8 Å². The average molecular weight is 281 g/mol. The Morgan fingerprint density at radius 2 is 1.80 bits per heavy atom. The van der Waals surface area contributed by atoms with Crippen LogP contribution in [0.5, 0.6) is 11.5 Å². The molecule has 20 heavy (non-hydrogen) atoms. The zero-order valence-corrected chi connectivity index (χ0v) is 12.5. The molecule has 0 bridgehead atoms. The molecule has 1 aromatic carbocycles. The van der Waals surface area contributed by atoms with Crippen LogP contribution in [-0.2, 0) is 0 Å². The molecule has 0 saturated heterocycles. The Hall–Kier alpha value is -1.26. The Kier molecular flexibility index (Phi) is 8.07. The normalized spacial score (nSPS) is 12.4. The highest BCUT2D eigenvalue weighted by molar-refractivity contribution is 5.33. The summed E-state index contributed by atoms with van der Waals surface area (Å²) in [5, 5.41) is 9.37. The van der Waals surface area contributed by atoms with E-state index >= 15 is 0 Å². The van der Waals surface area contributed by atoms with Crippen molar-refractivity contribution in [2.75, 3.05) is 13.2 Å². The van der Waals surface area contributed by atoms with Crippen LogP contribution in [0.25, 0.3) is 0 Å². The number of ether oxygens (including phenoxy) is 2. The molecular weight excluding hydrogens is 254 g/mol. The lowest BCUT2D eigenvalue weighted by Gasteiger charge is -2.17. The molecule has 1 aromatic rings. The molecule has 0 unspecified atom stereocenters. The van der Waals surface area contributed by atoms with Gasteiger partial charge >= 0.3 is 0 Å². The van der Waals surface area contributed by atoms with Crippen molar-refractivity contribution < 1.29 is 14.6 Å². The number of benzene rings is 1. The first-order chi connectivity index (χ1) is 9.69. The molecule has 1 rings (SSSR count). The molecule has 0 aliphatic carbocycles. The third-order valence-electron chi connectivity index (χ3n) is 3.16. The fraction of sp³-hybridized carbons (Fsp3) is 0.625. The maximum Gasteiger partial charge on any atom is 0.209 e. The molecule has 0 saturated carbocycles. The second-order valence-electron chi connectivity index (χ2n) is 5.04. The molecule has 0 aromatic heterocycles. The summed E-state index contributed by atoms with van der Waals surface area (Å²) < 4.78 is 11.1. The van der Waals surface area contributed by atoms with E-state index in [0.717, 1.165) is 12.4 Å². The first-order valence-corrected chi connectivity index (χ1v) is 7.47. The quantitative estimate of drug-likeness (QED) is 0.647. The van der Waals surface area contributed by atoms with Crippen molar-refractivity contribution in [3.63, 3.8) is 0 Å². The van der Waals surface area contributed by atoms with Gasteiger partial charge in [0.2, 0.25) is 6.29 Å². The van der Waals surface area contributed by atoms with Crippen LogP contribution in [0.1, 0.15) is 39.5 Å². The summed E-state index contributed by atoms with van der Waals surface area (Å²) in [6.07, 6.45) is 3.77. The van der Waals surface area contributed by atoms with Gasteiger partial charge in [0.05, 0.1) is 13.2 Å². The lowest BCUT2D eigenvalue weighted by molar-refractivity contribution is -0.00873. The van der Waals surface area contributed by atoms with E-state index in [0.29, 0.717) is 11.7 Å². The number of aliphatic hydroxyl groups is 1. The molecule has 1 atom stereocenters. The van der Waals surface area contributed by atoms with E-state index in [9.17, 15) is 5.11 Å². The smallest absolute Gasteiger partial charge is 0.209 e. The Morgan fingerprint density at radius 1 is 1.15 bits per heavy atom. The second-order valence-corrected chi connectivity index (χ2v) is 5.04. The minimum Gasteiger partial charge on any atom is -0.493 e. The van der Waals surface area contributed by atoms with Crippen molar-refractivity contribution in [3.8, 4) is 11.5 Å². The molecule has 0 fully saturated rings. The lowest BCUT2D eigenvalue weighted by Crippen LogP contribution is -2.25. The van der Waals surface area contributed by atoms with Gasteiger partial charge in [-0.15, -0.1) is 0 Å². The molecule has 0 aliphatic rings. The highest BCUT2D eigenvalue weighted by Crippen LogP contribution is 2.22. The maximum absolute atomic E-state index is 9.37. The molecule has 4 heteroatoms. The summed E-state index contributed by atoms with van der Waals surface area (Å²) in [5.41, 5.74) is 5.32. The maximum atomic E-state index is 9.37. The second kappa shape index (κ2) is 9.61. The minimum absolute atomic E-state index is 0.0696. The van der Waals surface area contributed by atoms with Gasteiger partial charge in [0.15, 0.2) is 0 Å². The zero-order valence-electron chi connectivity index (χ0n) is 12.5. The predicted molar refractivity (Wildman–Crippen MR) is 80.9 cm³/mol. The highest BCUT2D eigenvalue weighted by atomic mass is 16.6. The number of nitrogens with two attached hydrogens (primary N) is 1. The average Bonchev–Trinajstić information content (AvgIpc) is 2.45. The van der Waals surface area contributed by atoms with Gasteiger partial charge < -0.3 is 20.3 Å². The van der Waals surface area contributed by atoms with Crippen molar-refractivity contribution in [1.82, 2.24) is 0 Å². The predicted octanol–water partition coefficient (Wildman–Crippen LogP) is 2.94. The fourth-order valence-electron chi connectivity index (χ4n) is 2.18. The van der Waals surface area contributed by atoms with E-state index in [-0.39, 0.29) is 6.54 Å². The summed E-state index contributed by atoms with van der Waals surface area (Å²) in [4.78, 5) is 0. The summed E-state index contributed by atoms with van der Waals surface area (Å²) in [6.45, 7) is 5.20. The van der Waals surface area contributed by atoms with Crippen LogP contribution in [0, 0.1) is 5.92 Å². The molecule has 0 spiro atoms. The van der Waals surface area contributed by atoms with Gasteiger partial charge in [0, 0.05) is 6.07 Å². The number of hydrogen-bond donors (Lipinski definition) is 2. The van der Waals surface area contributed by atoms with E-state index in [2.05, 4.69) is 13.8 Å². The van der Waals surface area contributed by atoms with Crippen molar-refractivity contribution >= 4 is 0 Å². The summed E-state index contributed by atoms with van der Waals surface area (Å²) >= 11 is 0. The van der Waals surface area contributed by atoms with Crippen LogP contribution in [0.4, 0.5) is 0 Å². The fourth-order valence-corrected chi connectivity index (χ4v) is 2.18. The summed E-state index contributed by atoms with van der Waals surface area (Å²) in [5.74, 6) is 1.94. The molecular formula is C16H27NO3. The van der Waals surface area contributed by atoms with Crippen molar-refractivity contribution in [1.29, 1.82) is 0 Å². The Balaban J connectivity index is 2.52. The van der Waals surface area contributed by atoms with Crippen LogP contribution < -0.4 is 15.2 Å². The summed E-state index contributed by atoms with van der Waals surface area (Å²) in [7, 11) is 0. The van der Waals surface area contributed by atoms with Crippen LogP contribution in [0.3, 0.4) is 0 Å². The van der Waals surface area contributed by atoms with Gasteiger partial charge in [-0.2, -0.15) is 0 Å². The molecule has 0 aliphatic heterocycles. The zero-order chi connectivity index (χ0) is 14.8. The Bertz CT molecular complexity index is 364. The molecule has 0 amide bonds. The van der Waals surface area contributed by atoms with E-state index in [4.69, 9.17) is 15.2 Å². The van der Waals surface area contributed by atoms with Crippen LogP contribution in [0.2, 0.25) is 0 Å². The van der Waals surface area contributed by atoms with E-state index < -0.39 is 6.29 Å². The van der Waals surface area contributed by atoms with Crippen LogP contribution in [0.15, 0.2) is 24.3 Å². The highest BCUT2D eigenvalue weighted by Gasteiger charge is 2.09. The standard InChI is InChI=1S/C16H27NO3/c1-3-6-13(7-4-2)12-19-14-8-5-9-15(10-14)20-16(18)11-17/h5,8-10,13,16,18H,3-4,6-7,11-12,17H2,1-2H3/t16-/m1/s1. The number of aliphatic hydroxyl groups excluding tert-OH is 1. The van der Waals surface area contributed by atoms with Gasteiger partial charge in [0.25, 0.3) is 0 Å². The van der Waals surface area contributed by atoms with Gasteiger partial charge in [-0.3, -0.25) is 0 Å². The third kappa shape index (κ3) is 6.26. The van der Waals surface area contributed by atoms with Crippen LogP contribution in [-0.4, -0.2) is 24.5 Å². The van der Waals surface area contributed by atoms with E-state index in [1.54, 1.807) is 12.1 Å². The monoisotopic (exact) mass is 281 g/mol. The molecule has 114 valence electrons. The van der Waals surface area contributed by atoms with Gasteiger partial charge in [-0.1, -0.05) is 32.8 Å². The van der Waals surface area contributed by atoms with Crippen molar-refractivity contribution in [2.24, 2.45) is 11.7 Å². The molecule has 3 N–H and O–H groups in total. The van der Waals surface area contributed by atoms with E-state index in [1.165, 1.54) is 25.7 Å². The third-order valence-corrected chi connectivity index (χ3v) is 3.16.